The van der Waals surface area contributed by atoms with Gasteiger partial charge in [-0.05, 0) is 67.7 Å². The molecule has 0 radical (unpaired) electrons. The topological polar surface area (TPSA) is 26.0 Å². The largest absolute Gasteiger partial charge is 0.325 e. The van der Waals surface area contributed by atoms with Gasteiger partial charge in [-0.2, -0.15) is 0 Å². The van der Waals surface area contributed by atoms with Crippen LogP contribution in [0.15, 0.2) is 22.7 Å². The van der Waals surface area contributed by atoms with E-state index in [0.29, 0.717) is 0 Å². The average Bonchev–Trinajstić information content (AvgIpc) is 2.27. The van der Waals surface area contributed by atoms with Gasteiger partial charge in [-0.15, -0.1) is 0 Å². The van der Waals surface area contributed by atoms with Crippen LogP contribution in [0.4, 0.5) is 4.39 Å². The van der Waals surface area contributed by atoms with Gasteiger partial charge in [-0.25, -0.2) is 4.39 Å². The lowest BCUT2D eigenvalue weighted by molar-refractivity contribution is 0.194. The van der Waals surface area contributed by atoms with Gasteiger partial charge in [0.15, 0.2) is 0 Å². The van der Waals surface area contributed by atoms with Crippen LogP contribution in [-0.2, 0) is 6.42 Å². The minimum absolute atomic E-state index is 0.154. The summed E-state index contributed by atoms with van der Waals surface area (Å²) in [7, 11) is 0. The molecule has 1 aromatic rings. The molecule has 0 saturated heterocycles. The predicted molar refractivity (Wildman–Crippen MR) is 81.5 cm³/mol. The fraction of sp³-hybridized carbons (Fsp3) is 0.625. The molecular weight excluding hydrogens is 305 g/mol. The molecule has 2 rings (SSSR count). The minimum Gasteiger partial charge on any atom is -0.325 e. The van der Waals surface area contributed by atoms with Crippen LogP contribution in [-0.4, -0.2) is 5.54 Å². The van der Waals surface area contributed by atoms with Crippen LogP contribution in [0.5, 0.6) is 0 Å². The second-order valence-corrected chi connectivity index (χ2v) is 7.31. The smallest absolute Gasteiger partial charge is 0.124 e. The quantitative estimate of drug-likeness (QED) is 0.857. The average molecular weight is 328 g/mol. The highest BCUT2D eigenvalue weighted by Gasteiger charge is 2.32. The van der Waals surface area contributed by atoms with Crippen molar-refractivity contribution in [2.45, 2.75) is 51.5 Å². The van der Waals surface area contributed by atoms with E-state index in [-0.39, 0.29) is 11.4 Å². The Balaban J connectivity index is 2.02. The first kappa shape index (κ1) is 15.0. The van der Waals surface area contributed by atoms with Crippen LogP contribution >= 0.6 is 15.9 Å². The molecular formula is C16H23BrFN. The van der Waals surface area contributed by atoms with Crippen LogP contribution in [0.25, 0.3) is 0 Å². The number of halogens is 2. The highest BCUT2D eigenvalue weighted by Crippen LogP contribution is 2.36. The van der Waals surface area contributed by atoms with E-state index in [1.165, 1.54) is 18.9 Å². The minimum atomic E-state index is -0.191. The molecule has 1 fully saturated rings. The lowest BCUT2D eigenvalue weighted by Gasteiger charge is -2.38. The zero-order valence-corrected chi connectivity index (χ0v) is 13.3. The lowest BCUT2D eigenvalue weighted by Crippen LogP contribution is -2.45. The Bertz CT molecular complexity index is 416. The maximum absolute atomic E-state index is 13.4. The zero-order valence-electron chi connectivity index (χ0n) is 11.8. The normalized spacial score (nSPS) is 27.8. The summed E-state index contributed by atoms with van der Waals surface area (Å²) >= 11 is 3.34. The number of hydrogen-bond donors (Lipinski definition) is 1. The molecule has 0 aliphatic heterocycles. The van der Waals surface area contributed by atoms with Crippen molar-refractivity contribution in [3.63, 3.8) is 0 Å². The molecule has 0 aromatic heterocycles. The highest BCUT2D eigenvalue weighted by molar-refractivity contribution is 9.10. The summed E-state index contributed by atoms with van der Waals surface area (Å²) in [6, 6.07) is 5.07. The Labute approximate surface area is 123 Å². The van der Waals surface area contributed by atoms with Crippen molar-refractivity contribution in [3.05, 3.63) is 34.1 Å². The summed E-state index contributed by atoms with van der Waals surface area (Å²) in [4.78, 5) is 0. The molecule has 19 heavy (non-hydrogen) atoms. The summed E-state index contributed by atoms with van der Waals surface area (Å²) in [6.07, 6.45) is 5.26. The molecule has 0 amide bonds. The molecule has 0 bridgehead atoms. The van der Waals surface area contributed by atoms with Gasteiger partial charge in [0.2, 0.25) is 0 Å². The van der Waals surface area contributed by atoms with Gasteiger partial charge in [-0.1, -0.05) is 29.8 Å². The van der Waals surface area contributed by atoms with Crippen molar-refractivity contribution in [2.75, 3.05) is 0 Å². The molecule has 0 heterocycles. The van der Waals surface area contributed by atoms with Gasteiger partial charge in [0.1, 0.15) is 5.82 Å². The maximum atomic E-state index is 13.4. The third kappa shape index (κ3) is 4.03. The van der Waals surface area contributed by atoms with Gasteiger partial charge in [0, 0.05) is 10.0 Å². The second kappa shape index (κ2) is 5.92. The highest BCUT2D eigenvalue weighted by atomic mass is 79.9. The third-order valence-electron chi connectivity index (χ3n) is 4.45. The molecule has 1 saturated carbocycles. The van der Waals surface area contributed by atoms with E-state index >= 15 is 0 Å². The maximum Gasteiger partial charge on any atom is 0.124 e. The fourth-order valence-corrected chi connectivity index (χ4v) is 3.69. The van der Waals surface area contributed by atoms with E-state index in [0.717, 1.165) is 41.1 Å². The Morgan fingerprint density at radius 3 is 2.47 bits per heavy atom. The standard InChI is InChI=1S/C16H23BrFN/c1-11(2)13-3-5-16(19,6-4-13)10-12-7-14(17)9-15(18)8-12/h7-9,11,13H,3-6,10,19H2,1-2H3. The van der Waals surface area contributed by atoms with Crippen LogP contribution < -0.4 is 5.73 Å². The van der Waals surface area contributed by atoms with Crippen molar-refractivity contribution in [2.24, 2.45) is 17.6 Å². The summed E-state index contributed by atoms with van der Waals surface area (Å²) < 4.78 is 14.2. The molecule has 1 aliphatic rings. The summed E-state index contributed by atoms with van der Waals surface area (Å²) in [5, 5.41) is 0. The Hall–Kier alpha value is -0.410. The SMILES string of the molecule is CC(C)C1CCC(N)(Cc2cc(F)cc(Br)c2)CC1. The van der Waals surface area contributed by atoms with E-state index in [1.807, 2.05) is 6.07 Å². The van der Waals surface area contributed by atoms with Crippen LogP contribution in [0, 0.1) is 17.7 Å². The number of hydrogen-bond acceptors (Lipinski definition) is 1. The van der Waals surface area contributed by atoms with Crippen molar-refractivity contribution in [1.29, 1.82) is 0 Å². The number of benzene rings is 1. The van der Waals surface area contributed by atoms with Gasteiger partial charge in [0.05, 0.1) is 0 Å². The third-order valence-corrected chi connectivity index (χ3v) is 4.91. The summed E-state index contributed by atoms with van der Waals surface area (Å²) in [5.74, 6) is 1.35. The van der Waals surface area contributed by atoms with Gasteiger partial charge < -0.3 is 5.73 Å². The Morgan fingerprint density at radius 1 is 1.32 bits per heavy atom. The first-order chi connectivity index (χ1) is 8.88. The Morgan fingerprint density at radius 2 is 1.95 bits per heavy atom. The summed E-state index contributed by atoms with van der Waals surface area (Å²) in [5.41, 5.74) is 7.36. The van der Waals surface area contributed by atoms with Crippen LogP contribution in [0.3, 0.4) is 0 Å². The first-order valence-electron chi connectivity index (χ1n) is 7.12. The molecule has 2 N–H and O–H groups in total. The van der Waals surface area contributed by atoms with Gasteiger partial charge in [-0.3, -0.25) is 0 Å². The molecule has 106 valence electrons. The zero-order chi connectivity index (χ0) is 14.0. The molecule has 1 nitrogen and oxygen atoms in total. The van der Waals surface area contributed by atoms with E-state index in [1.54, 1.807) is 6.07 Å². The molecule has 0 unspecified atom stereocenters. The van der Waals surface area contributed by atoms with Crippen molar-refractivity contribution in [1.82, 2.24) is 0 Å². The molecule has 1 aliphatic carbocycles. The van der Waals surface area contributed by atoms with Crippen molar-refractivity contribution in [3.8, 4) is 0 Å². The second-order valence-electron chi connectivity index (χ2n) is 6.40. The number of nitrogens with two attached hydrogens (primary N) is 1. The van der Waals surface area contributed by atoms with E-state index in [4.69, 9.17) is 5.73 Å². The number of rotatable bonds is 3. The fourth-order valence-electron chi connectivity index (χ4n) is 3.18. The lowest BCUT2D eigenvalue weighted by atomic mass is 9.71. The predicted octanol–water partition coefficient (Wildman–Crippen LogP) is 4.67. The monoisotopic (exact) mass is 327 g/mol. The van der Waals surface area contributed by atoms with E-state index in [2.05, 4.69) is 29.8 Å². The molecule has 1 aromatic carbocycles. The molecule has 3 heteroatoms. The van der Waals surface area contributed by atoms with Gasteiger partial charge in [0.25, 0.3) is 0 Å². The van der Waals surface area contributed by atoms with Crippen molar-refractivity contribution < 1.29 is 4.39 Å². The molecule has 0 spiro atoms. The molecule has 0 atom stereocenters. The Kier molecular flexibility index (Phi) is 4.67. The summed E-state index contributed by atoms with van der Waals surface area (Å²) in [6.45, 7) is 4.58. The first-order valence-corrected chi connectivity index (χ1v) is 7.91. The van der Waals surface area contributed by atoms with Crippen LogP contribution in [0.2, 0.25) is 0 Å². The van der Waals surface area contributed by atoms with Crippen LogP contribution in [0.1, 0.15) is 45.1 Å². The van der Waals surface area contributed by atoms with E-state index < -0.39 is 0 Å². The van der Waals surface area contributed by atoms with Gasteiger partial charge >= 0.3 is 0 Å². The van der Waals surface area contributed by atoms with Crippen molar-refractivity contribution >= 4 is 15.9 Å². The van der Waals surface area contributed by atoms with E-state index in [9.17, 15) is 4.39 Å².